The van der Waals surface area contributed by atoms with E-state index in [-0.39, 0.29) is 0 Å². The first-order valence-corrected chi connectivity index (χ1v) is 28.3. The van der Waals surface area contributed by atoms with Gasteiger partial charge in [-0.1, -0.05) is 152 Å². The molecule has 0 amide bonds. The van der Waals surface area contributed by atoms with Crippen molar-refractivity contribution in [1.29, 1.82) is 0 Å². The summed E-state index contributed by atoms with van der Waals surface area (Å²) in [4.78, 5) is 11.3. The lowest BCUT2D eigenvalue weighted by atomic mass is 10.0. The zero-order valence-electron chi connectivity index (χ0n) is 44.5. The van der Waals surface area contributed by atoms with E-state index >= 15 is 0 Å². The van der Waals surface area contributed by atoms with Gasteiger partial charge >= 0.3 is 0 Å². The number of hydrogen-bond acceptors (Lipinski definition) is 2. The maximum Gasteiger partial charge on any atom is 0.220 e. The van der Waals surface area contributed by atoms with Crippen LogP contribution in [0.25, 0.3) is 161 Å². The molecule has 12 aromatic carbocycles. The van der Waals surface area contributed by atoms with Crippen molar-refractivity contribution < 1.29 is 0 Å². The second-order valence-corrected chi connectivity index (χ2v) is 21.8. The monoisotopic (exact) mass is 1060 g/mol. The molecule has 0 aliphatic heterocycles. The highest BCUT2D eigenvalue weighted by atomic mass is 15.2. The standard InChI is InChI=1S/C74H45N9/c1-3-21-46(22-4-1)78-63-35-17-19-37-65(63)82-67-43-40-54-51-27-9-12-30-57(51)77(71(54)69(67)75-73(78)82)48-39-42-62-56(45-48)53-29-11-14-32-59(53)80(62)58-31-13-7-25-49(58)50-26-8-15-33-60(50)81-61-34-16-10-28-52(61)55-41-44-68-70(72(55)81)76-74-79(47-23-5-2-6-24-47)64-36-18-20-38-66(64)83(68)74/h1-45H. The molecule has 7 aromatic heterocycles. The van der Waals surface area contributed by atoms with E-state index in [4.69, 9.17) is 9.97 Å². The van der Waals surface area contributed by atoms with Crippen molar-refractivity contribution in [3.8, 4) is 39.6 Å². The summed E-state index contributed by atoms with van der Waals surface area (Å²) in [6.45, 7) is 0. The third kappa shape index (κ3) is 5.93. The van der Waals surface area contributed by atoms with Crippen LogP contribution in [0.2, 0.25) is 0 Å². The molecule has 0 saturated carbocycles. The van der Waals surface area contributed by atoms with Gasteiger partial charge in [-0.3, -0.25) is 17.9 Å². The van der Waals surface area contributed by atoms with Gasteiger partial charge < -0.3 is 13.7 Å². The summed E-state index contributed by atoms with van der Waals surface area (Å²) in [7, 11) is 0. The molecule has 0 N–H and O–H groups in total. The van der Waals surface area contributed by atoms with Crippen LogP contribution in [0, 0.1) is 0 Å². The predicted molar refractivity (Wildman–Crippen MR) is 341 cm³/mol. The van der Waals surface area contributed by atoms with E-state index in [1.807, 2.05) is 0 Å². The zero-order valence-corrected chi connectivity index (χ0v) is 44.5. The summed E-state index contributed by atoms with van der Waals surface area (Å²) < 4.78 is 16.6. The van der Waals surface area contributed by atoms with E-state index in [2.05, 4.69) is 305 Å². The van der Waals surface area contributed by atoms with Crippen molar-refractivity contribution in [2.75, 3.05) is 0 Å². The van der Waals surface area contributed by atoms with Crippen LogP contribution in [0.4, 0.5) is 0 Å². The minimum Gasteiger partial charge on any atom is -0.309 e. The van der Waals surface area contributed by atoms with Gasteiger partial charge in [-0.25, -0.2) is 9.97 Å². The van der Waals surface area contributed by atoms with Gasteiger partial charge in [0.05, 0.1) is 77.6 Å². The molecule has 0 radical (unpaired) electrons. The van der Waals surface area contributed by atoms with Gasteiger partial charge in [0.15, 0.2) is 0 Å². The fourth-order valence-electron chi connectivity index (χ4n) is 14.2. The van der Waals surface area contributed by atoms with Crippen molar-refractivity contribution in [1.82, 2.24) is 41.6 Å². The highest BCUT2D eigenvalue weighted by Gasteiger charge is 2.27. The summed E-state index contributed by atoms with van der Waals surface area (Å²) in [6.07, 6.45) is 0. The number of rotatable bonds is 6. The summed E-state index contributed by atoms with van der Waals surface area (Å²) in [5, 5.41) is 7.04. The molecule has 0 saturated heterocycles. The Morgan fingerprint density at radius 2 is 0.590 bits per heavy atom. The summed E-state index contributed by atoms with van der Waals surface area (Å²) in [6, 6.07) is 98.8. The second kappa shape index (κ2) is 16.6. The van der Waals surface area contributed by atoms with Gasteiger partial charge in [-0.15, -0.1) is 0 Å². The van der Waals surface area contributed by atoms with Crippen LogP contribution < -0.4 is 0 Å². The van der Waals surface area contributed by atoms with Crippen LogP contribution in [-0.4, -0.2) is 41.6 Å². The van der Waals surface area contributed by atoms with Crippen LogP contribution in [0.1, 0.15) is 0 Å². The Morgan fingerprint density at radius 1 is 0.217 bits per heavy atom. The molecule has 19 rings (SSSR count). The molecular weight excluding hydrogens is 1010 g/mol. The Bertz CT molecular complexity index is 5940. The van der Waals surface area contributed by atoms with Crippen LogP contribution in [-0.2, 0) is 0 Å². The number of benzene rings is 12. The van der Waals surface area contributed by atoms with E-state index in [0.717, 1.165) is 134 Å². The fourth-order valence-corrected chi connectivity index (χ4v) is 14.2. The van der Waals surface area contributed by atoms with Crippen molar-refractivity contribution in [2.24, 2.45) is 0 Å². The molecule has 0 unspecified atom stereocenters. The molecule has 83 heavy (non-hydrogen) atoms. The third-order valence-corrected chi connectivity index (χ3v) is 17.5. The first-order chi connectivity index (χ1) is 41.2. The van der Waals surface area contributed by atoms with Gasteiger partial charge in [0.25, 0.3) is 0 Å². The van der Waals surface area contributed by atoms with Crippen molar-refractivity contribution in [3.05, 3.63) is 273 Å². The van der Waals surface area contributed by atoms with E-state index in [0.29, 0.717) is 0 Å². The van der Waals surface area contributed by atoms with Gasteiger partial charge in [0.1, 0.15) is 11.0 Å². The van der Waals surface area contributed by atoms with Gasteiger partial charge in [-0.2, -0.15) is 0 Å². The smallest absolute Gasteiger partial charge is 0.220 e. The average molecular weight is 1060 g/mol. The van der Waals surface area contributed by atoms with Gasteiger partial charge in [-0.05, 0) is 121 Å². The fraction of sp³-hybridized carbons (Fsp3) is 0. The quantitative estimate of drug-likeness (QED) is 0.167. The van der Waals surface area contributed by atoms with Gasteiger partial charge in [0.2, 0.25) is 11.6 Å². The first-order valence-electron chi connectivity index (χ1n) is 28.3. The Kier molecular flexibility index (Phi) is 8.87. The number of hydrogen-bond donors (Lipinski definition) is 0. The molecule has 386 valence electrons. The molecule has 7 heterocycles. The van der Waals surface area contributed by atoms with Crippen molar-refractivity contribution in [3.63, 3.8) is 0 Å². The second-order valence-electron chi connectivity index (χ2n) is 21.8. The minimum atomic E-state index is 0.877. The molecule has 0 spiro atoms. The highest BCUT2D eigenvalue weighted by molar-refractivity contribution is 6.20. The van der Waals surface area contributed by atoms with Gasteiger partial charge in [0, 0.05) is 60.5 Å². The number of imidazole rings is 4. The normalized spacial score (nSPS) is 12.3. The Labute approximate surface area is 472 Å². The number of aromatic nitrogens is 9. The number of nitrogens with zero attached hydrogens (tertiary/aromatic N) is 9. The Morgan fingerprint density at radius 3 is 1.12 bits per heavy atom. The summed E-state index contributed by atoms with van der Waals surface area (Å²) >= 11 is 0. The van der Waals surface area contributed by atoms with Crippen molar-refractivity contribution in [2.45, 2.75) is 0 Å². The molecule has 9 heteroatoms. The first kappa shape index (κ1) is 44.4. The predicted octanol–water partition coefficient (Wildman–Crippen LogP) is 18.1. The Hall–Kier alpha value is -11.4. The molecule has 0 bridgehead atoms. The number of para-hydroxylation sites is 11. The van der Waals surface area contributed by atoms with E-state index < -0.39 is 0 Å². The van der Waals surface area contributed by atoms with E-state index in [1.54, 1.807) is 0 Å². The SMILES string of the molecule is c1ccc(-n2c3ccccc3n3c4ccc5c6ccccc6n(-c6ccc7c(c6)c6ccccc6n7-c6ccccc6-c6ccccc6-n6c7ccccc7c7ccc8c(nc9n(-c%10ccccc%10)c%10ccccc%10n89)c76)c5c4nc23)cc1. The number of fused-ring (bicyclic) bond motifs is 21. The zero-order chi connectivity index (χ0) is 54.0. The lowest BCUT2D eigenvalue weighted by molar-refractivity contribution is 1.11. The highest BCUT2D eigenvalue weighted by Crippen LogP contribution is 2.45. The molecule has 0 aliphatic rings. The summed E-state index contributed by atoms with van der Waals surface area (Å²) in [5.74, 6) is 1.76. The molecule has 19 aromatic rings. The van der Waals surface area contributed by atoms with Crippen molar-refractivity contribution >= 4 is 121 Å². The van der Waals surface area contributed by atoms with Crippen LogP contribution in [0.3, 0.4) is 0 Å². The van der Waals surface area contributed by atoms with E-state index in [9.17, 15) is 0 Å². The molecule has 0 aliphatic carbocycles. The molecule has 0 fully saturated rings. The Balaban J connectivity index is 0.833. The minimum absolute atomic E-state index is 0.877. The third-order valence-electron chi connectivity index (χ3n) is 17.5. The molecule has 9 nitrogen and oxygen atoms in total. The van der Waals surface area contributed by atoms with Crippen LogP contribution in [0.15, 0.2) is 273 Å². The lowest BCUT2D eigenvalue weighted by Gasteiger charge is -2.18. The maximum absolute atomic E-state index is 5.67. The average Bonchev–Trinajstić information content (AvgIpc) is 2.91. The van der Waals surface area contributed by atoms with E-state index in [1.165, 1.54) is 26.9 Å². The van der Waals surface area contributed by atoms with Crippen LogP contribution >= 0.6 is 0 Å². The summed E-state index contributed by atoms with van der Waals surface area (Å²) in [5.41, 5.74) is 22.8. The van der Waals surface area contributed by atoms with Crippen LogP contribution in [0.5, 0.6) is 0 Å². The molecular formula is C74H45N9. The lowest BCUT2D eigenvalue weighted by Crippen LogP contribution is -2.01. The maximum atomic E-state index is 5.67. The molecule has 0 atom stereocenters. The topological polar surface area (TPSA) is 59.2 Å². The largest absolute Gasteiger partial charge is 0.309 e.